The molecule has 0 heterocycles. The highest BCUT2D eigenvalue weighted by atomic mass is 28.4. The predicted octanol–water partition coefficient (Wildman–Crippen LogP) is 4.50. The molecule has 0 radical (unpaired) electrons. The molecule has 0 aliphatic carbocycles. The van der Waals surface area contributed by atoms with Crippen molar-refractivity contribution in [3.63, 3.8) is 0 Å². The van der Waals surface area contributed by atoms with Crippen molar-refractivity contribution in [1.29, 1.82) is 0 Å². The van der Waals surface area contributed by atoms with E-state index in [0.29, 0.717) is 17.2 Å². The number of carbonyl (C=O) groups excluding carboxylic acids is 2. The average Bonchev–Trinajstić information content (AvgIpc) is 2.70. The first-order valence-corrected chi connectivity index (χ1v) is 13.0. The zero-order chi connectivity index (χ0) is 23.7. The van der Waals surface area contributed by atoms with Gasteiger partial charge in [0, 0.05) is 0 Å². The molecule has 1 aromatic rings. The molecule has 0 unspecified atom stereocenters. The molecule has 0 fully saturated rings. The smallest absolute Gasteiger partial charge is 0.354 e. The van der Waals surface area contributed by atoms with Crippen LogP contribution in [0.1, 0.15) is 34.1 Å². The van der Waals surface area contributed by atoms with Gasteiger partial charge in [-0.1, -0.05) is 20.8 Å². The highest BCUT2D eigenvalue weighted by Crippen LogP contribution is 2.38. The number of esters is 2. The first kappa shape index (κ1) is 26.2. The zero-order valence-corrected chi connectivity index (χ0v) is 20.7. The molecule has 1 rings (SSSR count). The van der Waals surface area contributed by atoms with E-state index >= 15 is 0 Å². The third kappa shape index (κ3) is 8.45. The topological polar surface area (TPSA) is 95.5 Å². The molecule has 31 heavy (non-hydrogen) atoms. The Morgan fingerprint density at radius 2 is 1.74 bits per heavy atom. The molecule has 0 saturated carbocycles. The highest BCUT2D eigenvalue weighted by molar-refractivity contribution is 6.74. The number of rotatable bonds is 10. The number of hydrogen-bond donors (Lipinski definition) is 1. The molecule has 0 aromatic heterocycles. The van der Waals surface area contributed by atoms with Gasteiger partial charge in [0.25, 0.3) is 0 Å². The number of hydrogen-bond acceptors (Lipinski definition) is 8. The Hall–Kier alpha value is -2.81. The van der Waals surface area contributed by atoms with Crippen LogP contribution in [0, 0.1) is 0 Å². The molecule has 9 heteroatoms. The lowest BCUT2D eigenvalue weighted by atomic mass is 10.2. The van der Waals surface area contributed by atoms with Gasteiger partial charge in [0.15, 0.2) is 5.71 Å². The maximum atomic E-state index is 12.5. The average molecular weight is 451 g/mol. The van der Waals surface area contributed by atoms with E-state index in [1.54, 1.807) is 38.3 Å². The van der Waals surface area contributed by atoms with Crippen molar-refractivity contribution in [3.8, 4) is 5.75 Å². The maximum absolute atomic E-state index is 12.5. The van der Waals surface area contributed by atoms with Crippen LogP contribution in [0.2, 0.25) is 18.1 Å². The Balaban J connectivity index is 3.21. The number of nitrogens with one attached hydrogen (secondary N) is 1. The first-order valence-electron chi connectivity index (χ1n) is 10.0. The van der Waals surface area contributed by atoms with Crippen LogP contribution in [0.4, 0.5) is 5.69 Å². The molecule has 1 N–H and O–H groups in total. The van der Waals surface area contributed by atoms with Crippen molar-refractivity contribution < 1.29 is 28.2 Å². The first-order chi connectivity index (χ1) is 14.4. The van der Waals surface area contributed by atoms with E-state index in [1.807, 2.05) is 0 Å². The van der Waals surface area contributed by atoms with Gasteiger partial charge in [-0.25, -0.2) is 9.59 Å². The quantitative estimate of drug-likeness (QED) is 0.140. The minimum absolute atomic E-state index is 0.0242. The number of anilines is 1. The van der Waals surface area contributed by atoms with Crippen molar-refractivity contribution in [3.05, 3.63) is 36.1 Å². The van der Waals surface area contributed by atoms with Gasteiger partial charge < -0.3 is 18.6 Å². The van der Waals surface area contributed by atoms with Gasteiger partial charge >= 0.3 is 11.9 Å². The van der Waals surface area contributed by atoms with Crippen LogP contribution in [-0.4, -0.2) is 46.8 Å². The molecule has 0 aliphatic heterocycles. The highest BCUT2D eigenvalue weighted by Gasteiger charge is 2.40. The van der Waals surface area contributed by atoms with E-state index in [-0.39, 0.29) is 23.8 Å². The summed E-state index contributed by atoms with van der Waals surface area (Å²) in [6.45, 7) is 12.3. The van der Waals surface area contributed by atoms with Gasteiger partial charge in [0.2, 0.25) is 8.32 Å². The summed E-state index contributed by atoms with van der Waals surface area (Å²) in [4.78, 5) is 24.4. The molecule has 8 nitrogen and oxygen atoms in total. The molecule has 1 aromatic carbocycles. The van der Waals surface area contributed by atoms with E-state index in [9.17, 15) is 9.59 Å². The predicted molar refractivity (Wildman–Crippen MR) is 124 cm³/mol. The van der Waals surface area contributed by atoms with Gasteiger partial charge in [0.1, 0.15) is 5.75 Å². The summed E-state index contributed by atoms with van der Waals surface area (Å²) in [5.41, 5.74) is 3.58. The maximum Gasteiger partial charge on any atom is 0.354 e. The van der Waals surface area contributed by atoms with Gasteiger partial charge in [-0.2, -0.15) is 5.10 Å². The molecule has 0 saturated heterocycles. The van der Waals surface area contributed by atoms with Gasteiger partial charge in [-0.05, 0) is 49.3 Å². The van der Waals surface area contributed by atoms with Crippen LogP contribution < -0.4 is 10.2 Å². The zero-order valence-electron chi connectivity index (χ0n) is 19.7. The Labute approximate surface area is 185 Å². The van der Waals surface area contributed by atoms with Gasteiger partial charge in [0.05, 0.1) is 44.8 Å². The van der Waals surface area contributed by atoms with Gasteiger partial charge in [-0.15, -0.1) is 0 Å². The normalized spacial score (nSPS) is 12.8. The van der Waals surface area contributed by atoms with E-state index in [4.69, 9.17) is 18.6 Å². The Bertz CT molecular complexity index is 810. The minimum Gasteiger partial charge on any atom is -0.546 e. The number of nitrogens with zero attached hydrogens (tertiary/aromatic N) is 1. The molecule has 172 valence electrons. The Morgan fingerprint density at radius 1 is 1.13 bits per heavy atom. The second-order valence-corrected chi connectivity index (χ2v) is 13.0. The summed E-state index contributed by atoms with van der Waals surface area (Å²) in [6.07, 6.45) is 1.23. The summed E-state index contributed by atoms with van der Waals surface area (Å²) in [7, 11) is 0.584. The standard InChI is InChI=1S/C22H34N2O6Si/c1-9-29-21(26)19(24-23-16-10-12-17(27-5)13-11-16)14-18(15-20(25)28-6)30-31(7,8)22(2,3)4/h10-13,15,23H,9,14H2,1-8H3/b18-15-,24-19+. The Morgan fingerprint density at radius 3 is 2.23 bits per heavy atom. The summed E-state index contributed by atoms with van der Waals surface area (Å²) in [5.74, 6) is -0.161. The molecule has 0 atom stereocenters. The lowest BCUT2D eigenvalue weighted by Gasteiger charge is -2.37. The third-order valence-electron chi connectivity index (χ3n) is 4.94. The van der Waals surface area contributed by atoms with Crippen LogP contribution >= 0.6 is 0 Å². The SMILES string of the molecule is CCOC(=O)/C(C/C(=C/C(=O)OC)O[Si](C)(C)C(C)(C)C)=N/Nc1ccc(OC)cc1. The van der Waals surface area contributed by atoms with Crippen LogP contribution in [0.3, 0.4) is 0 Å². The van der Waals surface area contributed by atoms with Crippen LogP contribution in [-0.2, 0) is 23.5 Å². The molecule has 0 amide bonds. The van der Waals surface area contributed by atoms with Crippen LogP contribution in [0.15, 0.2) is 41.2 Å². The van der Waals surface area contributed by atoms with E-state index < -0.39 is 20.3 Å². The number of carbonyl (C=O) groups is 2. The molecular weight excluding hydrogens is 416 g/mol. The summed E-state index contributed by atoms with van der Waals surface area (Å²) >= 11 is 0. The summed E-state index contributed by atoms with van der Waals surface area (Å²) < 4.78 is 21.3. The number of allylic oxidation sites excluding steroid dienone is 1. The Kier molecular flexibility index (Phi) is 9.76. The second-order valence-electron chi connectivity index (χ2n) is 8.29. The van der Waals surface area contributed by atoms with Crippen LogP contribution in [0.25, 0.3) is 0 Å². The van der Waals surface area contributed by atoms with Crippen molar-refractivity contribution in [2.45, 2.75) is 52.2 Å². The van der Waals surface area contributed by atoms with Crippen molar-refractivity contribution >= 4 is 31.7 Å². The lowest BCUT2D eigenvalue weighted by molar-refractivity contribution is -0.136. The monoisotopic (exact) mass is 450 g/mol. The van der Waals surface area contributed by atoms with Crippen LogP contribution in [0.5, 0.6) is 5.75 Å². The van der Waals surface area contributed by atoms with Crippen molar-refractivity contribution in [2.75, 3.05) is 26.3 Å². The largest absolute Gasteiger partial charge is 0.546 e. The summed E-state index contributed by atoms with van der Waals surface area (Å²) in [6, 6.07) is 7.07. The molecule has 0 aliphatic rings. The van der Waals surface area contributed by atoms with E-state index in [1.165, 1.54) is 13.2 Å². The fraction of sp³-hybridized carbons (Fsp3) is 0.500. The minimum atomic E-state index is -2.28. The lowest BCUT2D eigenvalue weighted by Crippen LogP contribution is -2.41. The van der Waals surface area contributed by atoms with Crippen molar-refractivity contribution in [2.24, 2.45) is 5.10 Å². The van der Waals surface area contributed by atoms with Gasteiger partial charge in [-0.3, -0.25) is 5.43 Å². The summed E-state index contributed by atoms with van der Waals surface area (Å²) in [5, 5.41) is 4.12. The number of benzene rings is 1. The third-order valence-corrected chi connectivity index (χ3v) is 9.32. The molecular formula is C22H34N2O6Si. The second kappa shape index (κ2) is 11.5. The molecule has 0 bridgehead atoms. The van der Waals surface area contributed by atoms with E-state index in [2.05, 4.69) is 44.4 Å². The fourth-order valence-electron chi connectivity index (χ4n) is 2.12. The van der Waals surface area contributed by atoms with Crippen molar-refractivity contribution in [1.82, 2.24) is 0 Å². The molecule has 0 spiro atoms. The van der Waals surface area contributed by atoms with E-state index in [0.717, 1.165) is 0 Å². The number of ether oxygens (including phenoxy) is 3. The number of methoxy groups -OCH3 is 2. The fourth-order valence-corrected chi connectivity index (χ4v) is 3.21. The number of hydrazone groups is 1.